The van der Waals surface area contributed by atoms with Gasteiger partial charge in [-0.1, -0.05) is 12.1 Å². The molecule has 0 radical (unpaired) electrons. The zero-order valence-corrected chi connectivity index (χ0v) is 18.1. The summed E-state index contributed by atoms with van der Waals surface area (Å²) in [6.45, 7) is 7.00. The lowest BCUT2D eigenvalue weighted by atomic mass is 10.1. The first-order chi connectivity index (χ1) is 14.6. The molecular formula is C21H30N8O. The number of nitrogens with one attached hydrogen (secondary N) is 3. The molecule has 0 fully saturated rings. The molecule has 160 valence electrons. The maximum Gasteiger partial charge on any atom is 0.191 e. The number of nitrogens with zero attached hydrogens (tertiary/aromatic N) is 5. The van der Waals surface area contributed by atoms with Gasteiger partial charge in [-0.05, 0) is 37.5 Å². The van der Waals surface area contributed by atoms with Crippen LogP contribution in [0.5, 0.6) is 5.75 Å². The van der Waals surface area contributed by atoms with Gasteiger partial charge in [0.2, 0.25) is 0 Å². The molecule has 2 aromatic heterocycles. The number of rotatable bonds is 9. The van der Waals surface area contributed by atoms with Gasteiger partial charge in [-0.15, -0.1) is 0 Å². The van der Waals surface area contributed by atoms with E-state index in [-0.39, 0.29) is 0 Å². The zero-order valence-electron chi connectivity index (χ0n) is 18.1. The molecule has 3 rings (SSSR count). The van der Waals surface area contributed by atoms with Crippen LogP contribution in [0.25, 0.3) is 11.0 Å². The van der Waals surface area contributed by atoms with Crippen LogP contribution in [0.3, 0.4) is 0 Å². The van der Waals surface area contributed by atoms with Crippen LogP contribution in [0.1, 0.15) is 18.1 Å². The number of benzene rings is 1. The van der Waals surface area contributed by atoms with Gasteiger partial charge in [0, 0.05) is 33.2 Å². The molecule has 0 amide bonds. The van der Waals surface area contributed by atoms with Gasteiger partial charge in [0.1, 0.15) is 17.9 Å². The van der Waals surface area contributed by atoms with Gasteiger partial charge in [0.15, 0.2) is 11.6 Å². The molecule has 0 spiro atoms. The summed E-state index contributed by atoms with van der Waals surface area (Å²) in [5.74, 6) is 2.50. The average molecular weight is 411 g/mol. The van der Waals surface area contributed by atoms with Crippen LogP contribution in [-0.4, -0.2) is 59.0 Å². The smallest absolute Gasteiger partial charge is 0.191 e. The topological polar surface area (TPSA) is 101 Å². The molecule has 3 aromatic rings. The van der Waals surface area contributed by atoms with Crippen LogP contribution in [0.4, 0.5) is 5.82 Å². The fraction of sp³-hybridized carbons (Fsp3) is 0.429. The number of aryl methyl sites for hydroxylation is 2. The Morgan fingerprint density at radius 1 is 1.20 bits per heavy atom. The maximum absolute atomic E-state index is 5.40. The van der Waals surface area contributed by atoms with Crippen molar-refractivity contribution in [1.82, 2.24) is 30.4 Å². The Labute approximate surface area is 177 Å². The lowest BCUT2D eigenvalue weighted by molar-refractivity contribution is 0.411. The van der Waals surface area contributed by atoms with E-state index in [4.69, 9.17) is 4.74 Å². The van der Waals surface area contributed by atoms with Crippen molar-refractivity contribution >= 4 is 22.8 Å². The number of methoxy groups -OCH3 is 1. The summed E-state index contributed by atoms with van der Waals surface area (Å²) in [5.41, 5.74) is 3.16. The van der Waals surface area contributed by atoms with Crippen molar-refractivity contribution in [2.75, 3.05) is 38.6 Å². The second-order valence-electron chi connectivity index (χ2n) is 6.90. The summed E-state index contributed by atoms with van der Waals surface area (Å²) in [5, 5.41) is 15.1. The standard InChI is InChI=1S/C21H30N8O/c1-5-22-21(24-9-8-16-7-6-15(2)18(12-16)30-4)25-11-10-23-19-17-13-28-29(3)20(17)27-14-26-19/h6-7,12-14H,5,8-11H2,1-4H3,(H2,22,24,25)(H,23,26,27). The van der Waals surface area contributed by atoms with Gasteiger partial charge in [-0.2, -0.15) is 5.10 Å². The number of fused-ring (bicyclic) bond motifs is 1. The number of ether oxygens (including phenoxy) is 1. The monoisotopic (exact) mass is 410 g/mol. The normalized spacial score (nSPS) is 11.5. The third kappa shape index (κ3) is 5.37. The molecule has 9 heteroatoms. The summed E-state index contributed by atoms with van der Waals surface area (Å²) in [4.78, 5) is 13.2. The van der Waals surface area contributed by atoms with Crippen LogP contribution < -0.4 is 20.7 Å². The predicted molar refractivity (Wildman–Crippen MR) is 120 cm³/mol. The minimum atomic E-state index is 0.692. The van der Waals surface area contributed by atoms with Crippen LogP contribution in [0, 0.1) is 6.92 Å². The lowest BCUT2D eigenvalue weighted by Crippen LogP contribution is -2.39. The van der Waals surface area contributed by atoms with E-state index in [1.165, 1.54) is 5.56 Å². The molecule has 0 saturated carbocycles. The second kappa shape index (κ2) is 10.4. The van der Waals surface area contributed by atoms with E-state index in [9.17, 15) is 0 Å². The Morgan fingerprint density at radius 3 is 2.87 bits per heavy atom. The molecule has 2 heterocycles. The van der Waals surface area contributed by atoms with Gasteiger partial charge in [-0.3, -0.25) is 9.67 Å². The fourth-order valence-electron chi connectivity index (χ4n) is 3.12. The second-order valence-corrected chi connectivity index (χ2v) is 6.90. The largest absolute Gasteiger partial charge is 0.496 e. The molecule has 0 atom stereocenters. The summed E-state index contributed by atoms with van der Waals surface area (Å²) >= 11 is 0. The molecule has 1 aromatic carbocycles. The molecule has 0 aliphatic rings. The molecule has 30 heavy (non-hydrogen) atoms. The van der Waals surface area contributed by atoms with E-state index < -0.39 is 0 Å². The first kappa shape index (κ1) is 21.4. The van der Waals surface area contributed by atoms with E-state index in [1.807, 2.05) is 14.0 Å². The lowest BCUT2D eigenvalue weighted by Gasteiger charge is -2.12. The van der Waals surface area contributed by atoms with Crippen molar-refractivity contribution in [3.63, 3.8) is 0 Å². The molecule has 0 bridgehead atoms. The minimum absolute atomic E-state index is 0.692. The van der Waals surface area contributed by atoms with Crippen LogP contribution >= 0.6 is 0 Å². The molecule has 3 N–H and O–H groups in total. The maximum atomic E-state index is 5.40. The SMILES string of the molecule is CCNC(=NCCc1ccc(C)c(OC)c1)NCCNc1ncnc2c1cnn2C. The summed E-state index contributed by atoms with van der Waals surface area (Å²) < 4.78 is 7.14. The summed E-state index contributed by atoms with van der Waals surface area (Å²) in [7, 11) is 3.57. The Balaban J connectivity index is 1.50. The predicted octanol–water partition coefficient (Wildman–Crippen LogP) is 1.89. The fourth-order valence-corrected chi connectivity index (χ4v) is 3.12. The van der Waals surface area contributed by atoms with Crippen LogP contribution in [0.15, 0.2) is 35.7 Å². The molecule has 0 saturated heterocycles. The Kier molecular flexibility index (Phi) is 7.42. The first-order valence-electron chi connectivity index (χ1n) is 10.1. The summed E-state index contributed by atoms with van der Waals surface area (Å²) in [6, 6.07) is 6.29. The van der Waals surface area contributed by atoms with E-state index >= 15 is 0 Å². The van der Waals surface area contributed by atoms with Crippen molar-refractivity contribution in [2.24, 2.45) is 12.0 Å². The molecule has 0 aliphatic carbocycles. The van der Waals surface area contributed by atoms with Crippen molar-refractivity contribution in [3.8, 4) is 5.75 Å². The number of hydrogen-bond donors (Lipinski definition) is 3. The van der Waals surface area contributed by atoms with Gasteiger partial charge < -0.3 is 20.7 Å². The van der Waals surface area contributed by atoms with Crippen molar-refractivity contribution in [3.05, 3.63) is 41.9 Å². The van der Waals surface area contributed by atoms with Crippen LogP contribution in [-0.2, 0) is 13.5 Å². The average Bonchev–Trinajstić information content (AvgIpc) is 3.14. The number of aliphatic imine (C=N–C) groups is 1. The quantitative estimate of drug-likeness (QED) is 0.281. The third-order valence-corrected chi connectivity index (χ3v) is 4.73. The minimum Gasteiger partial charge on any atom is -0.496 e. The number of aromatic nitrogens is 4. The van der Waals surface area contributed by atoms with E-state index in [0.29, 0.717) is 19.6 Å². The number of hydrogen-bond acceptors (Lipinski definition) is 6. The highest BCUT2D eigenvalue weighted by Crippen LogP contribution is 2.19. The molecule has 9 nitrogen and oxygen atoms in total. The third-order valence-electron chi connectivity index (χ3n) is 4.73. The van der Waals surface area contributed by atoms with Gasteiger partial charge >= 0.3 is 0 Å². The van der Waals surface area contributed by atoms with Crippen LogP contribution in [0.2, 0.25) is 0 Å². The van der Waals surface area contributed by atoms with Crippen molar-refractivity contribution in [2.45, 2.75) is 20.3 Å². The highest BCUT2D eigenvalue weighted by Gasteiger charge is 2.07. The van der Waals surface area contributed by atoms with E-state index in [2.05, 4.69) is 61.1 Å². The first-order valence-corrected chi connectivity index (χ1v) is 10.1. The Hall–Kier alpha value is -3.36. The molecule has 0 unspecified atom stereocenters. The Morgan fingerprint density at radius 2 is 2.07 bits per heavy atom. The van der Waals surface area contributed by atoms with Crippen molar-refractivity contribution < 1.29 is 4.74 Å². The molecular weight excluding hydrogens is 380 g/mol. The Bertz CT molecular complexity index is 998. The zero-order chi connectivity index (χ0) is 21.3. The highest BCUT2D eigenvalue weighted by molar-refractivity contribution is 5.86. The van der Waals surface area contributed by atoms with E-state index in [0.717, 1.165) is 47.1 Å². The van der Waals surface area contributed by atoms with E-state index in [1.54, 1.807) is 24.3 Å². The van der Waals surface area contributed by atoms with Gasteiger partial charge in [0.25, 0.3) is 0 Å². The number of guanidine groups is 1. The number of anilines is 1. The van der Waals surface area contributed by atoms with Gasteiger partial charge in [-0.25, -0.2) is 9.97 Å². The van der Waals surface area contributed by atoms with Gasteiger partial charge in [0.05, 0.1) is 18.7 Å². The highest BCUT2D eigenvalue weighted by atomic mass is 16.5. The van der Waals surface area contributed by atoms with Crippen molar-refractivity contribution in [1.29, 1.82) is 0 Å². The summed E-state index contributed by atoms with van der Waals surface area (Å²) in [6.07, 6.45) is 4.17. The molecule has 0 aliphatic heterocycles.